The van der Waals surface area contributed by atoms with E-state index in [1.807, 2.05) is 18.2 Å². The van der Waals surface area contributed by atoms with Crippen molar-refractivity contribution in [3.05, 3.63) is 47.0 Å². The zero-order valence-corrected chi connectivity index (χ0v) is 9.48. The average molecular weight is 229 g/mol. The number of hydrogen-bond acceptors (Lipinski definition) is 2. The number of aromatic hydroxyl groups is 2. The highest BCUT2D eigenvalue weighted by atomic mass is 16.3. The molecule has 3 heteroatoms. The summed E-state index contributed by atoms with van der Waals surface area (Å²) >= 11 is 0. The van der Waals surface area contributed by atoms with Gasteiger partial charge in [-0.3, -0.25) is 4.98 Å². The van der Waals surface area contributed by atoms with E-state index in [0.29, 0.717) is 5.92 Å². The summed E-state index contributed by atoms with van der Waals surface area (Å²) in [4.78, 5) is 2.60. The Morgan fingerprint density at radius 1 is 1.00 bits per heavy atom. The van der Waals surface area contributed by atoms with Gasteiger partial charge in [0.05, 0.1) is 0 Å². The Balaban J connectivity index is 1.93. The summed E-state index contributed by atoms with van der Waals surface area (Å²) in [7, 11) is 0. The molecule has 88 valence electrons. The molecule has 1 aliphatic carbocycles. The molecule has 0 fully saturated rings. The number of aromatic amines is 1. The number of fused-ring (bicyclic) bond motifs is 1. The van der Waals surface area contributed by atoms with E-state index < -0.39 is 0 Å². The fourth-order valence-electron chi connectivity index (χ4n) is 2.71. The first-order valence-electron chi connectivity index (χ1n) is 5.92. The van der Waals surface area contributed by atoms with Crippen LogP contribution in [-0.4, -0.2) is 15.2 Å². The molecule has 1 heterocycles. The summed E-state index contributed by atoms with van der Waals surface area (Å²) in [6.07, 6.45) is 2.63. The van der Waals surface area contributed by atoms with Gasteiger partial charge in [-0.05, 0) is 30.7 Å². The number of benzene rings is 1. The van der Waals surface area contributed by atoms with Crippen molar-refractivity contribution in [1.82, 2.24) is 4.98 Å². The lowest BCUT2D eigenvalue weighted by molar-refractivity contribution is 0.422. The minimum Gasteiger partial charge on any atom is -0.494 e. The van der Waals surface area contributed by atoms with Crippen LogP contribution in [0.5, 0.6) is 11.8 Å². The summed E-state index contributed by atoms with van der Waals surface area (Å²) in [5.74, 6) is 0.687. The van der Waals surface area contributed by atoms with Crippen LogP contribution in [0.1, 0.15) is 29.0 Å². The van der Waals surface area contributed by atoms with Gasteiger partial charge in [0.1, 0.15) is 0 Å². The van der Waals surface area contributed by atoms with Crippen LogP contribution in [0.2, 0.25) is 0 Å². The first-order valence-corrected chi connectivity index (χ1v) is 5.92. The van der Waals surface area contributed by atoms with Gasteiger partial charge in [-0.2, -0.15) is 0 Å². The number of rotatable bonds is 1. The largest absolute Gasteiger partial charge is 0.494 e. The Morgan fingerprint density at radius 2 is 1.71 bits per heavy atom. The van der Waals surface area contributed by atoms with Gasteiger partial charge in [-0.1, -0.05) is 30.3 Å². The minimum atomic E-state index is 0.123. The van der Waals surface area contributed by atoms with Gasteiger partial charge in [0.2, 0.25) is 0 Å². The molecule has 3 N–H and O–H groups in total. The Kier molecular flexibility index (Phi) is 2.32. The molecule has 1 atom stereocenters. The van der Waals surface area contributed by atoms with Gasteiger partial charge < -0.3 is 10.2 Å². The molecule has 1 aromatic heterocycles. The van der Waals surface area contributed by atoms with Crippen molar-refractivity contribution in [2.75, 3.05) is 0 Å². The zero-order chi connectivity index (χ0) is 11.8. The highest BCUT2D eigenvalue weighted by Crippen LogP contribution is 2.40. The third-order valence-electron chi connectivity index (χ3n) is 3.64. The molecule has 0 saturated heterocycles. The average Bonchev–Trinajstić information content (AvgIpc) is 2.66. The second-order valence-corrected chi connectivity index (χ2v) is 4.63. The monoisotopic (exact) mass is 229 g/mol. The van der Waals surface area contributed by atoms with Crippen molar-refractivity contribution < 1.29 is 10.2 Å². The maximum absolute atomic E-state index is 9.73. The van der Waals surface area contributed by atoms with Crippen LogP contribution in [0, 0.1) is 0 Å². The third kappa shape index (κ3) is 1.68. The number of H-pyrrole nitrogens is 1. The topological polar surface area (TPSA) is 56.2 Å². The van der Waals surface area contributed by atoms with Crippen LogP contribution in [0.25, 0.3) is 0 Å². The maximum Gasteiger partial charge on any atom is 0.194 e. The molecule has 1 aliphatic rings. The Bertz CT molecular complexity index is 531. The first-order chi connectivity index (χ1) is 8.25. The SMILES string of the molecule is Oc1[nH]c(O)c2c1CCC(c1ccccc1)C2. The molecule has 1 aromatic carbocycles. The van der Waals surface area contributed by atoms with Gasteiger partial charge in [0, 0.05) is 11.1 Å². The van der Waals surface area contributed by atoms with Crippen molar-refractivity contribution in [3.8, 4) is 11.8 Å². The normalized spacial score (nSPS) is 18.9. The summed E-state index contributed by atoms with van der Waals surface area (Å²) in [6.45, 7) is 0. The van der Waals surface area contributed by atoms with E-state index in [1.165, 1.54) is 5.56 Å². The number of nitrogens with one attached hydrogen (secondary N) is 1. The summed E-state index contributed by atoms with van der Waals surface area (Å²) < 4.78 is 0. The Labute approximate surface area is 99.7 Å². The van der Waals surface area contributed by atoms with Crippen LogP contribution < -0.4 is 0 Å². The van der Waals surface area contributed by atoms with Crippen LogP contribution in [-0.2, 0) is 12.8 Å². The van der Waals surface area contributed by atoms with Gasteiger partial charge in [0.15, 0.2) is 11.8 Å². The van der Waals surface area contributed by atoms with E-state index in [4.69, 9.17) is 0 Å². The maximum atomic E-state index is 9.73. The van der Waals surface area contributed by atoms with Crippen LogP contribution in [0.4, 0.5) is 0 Å². The number of hydrogen-bond donors (Lipinski definition) is 3. The molecule has 3 rings (SSSR count). The van der Waals surface area contributed by atoms with Crippen LogP contribution in [0.3, 0.4) is 0 Å². The van der Waals surface area contributed by atoms with Crippen molar-refractivity contribution in [2.45, 2.75) is 25.2 Å². The van der Waals surface area contributed by atoms with E-state index in [9.17, 15) is 10.2 Å². The summed E-state index contributed by atoms with van der Waals surface area (Å²) in [6, 6.07) is 10.3. The van der Waals surface area contributed by atoms with Crippen molar-refractivity contribution in [3.63, 3.8) is 0 Å². The van der Waals surface area contributed by atoms with E-state index in [-0.39, 0.29) is 11.8 Å². The van der Waals surface area contributed by atoms with Crippen molar-refractivity contribution in [2.24, 2.45) is 0 Å². The fraction of sp³-hybridized carbons (Fsp3) is 0.286. The van der Waals surface area contributed by atoms with Crippen LogP contribution in [0.15, 0.2) is 30.3 Å². The fourth-order valence-corrected chi connectivity index (χ4v) is 2.71. The number of aromatic nitrogens is 1. The van der Waals surface area contributed by atoms with E-state index in [0.717, 1.165) is 30.4 Å². The smallest absolute Gasteiger partial charge is 0.194 e. The van der Waals surface area contributed by atoms with Gasteiger partial charge in [-0.15, -0.1) is 0 Å². The molecule has 0 radical (unpaired) electrons. The van der Waals surface area contributed by atoms with Gasteiger partial charge in [-0.25, -0.2) is 0 Å². The molecular weight excluding hydrogens is 214 g/mol. The molecule has 3 nitrogen and oxygen atoms in total. The predicted molar refractivity (Wildman–Crippen MR) is 65.3 cm³/mol. The van der Waals surface area contributed by atoms with Gasteiger partial charge in [0.25, 0.3) is 0 Å². The minimum absolute atomic E-state index is 0.123. The third-order valence-corrected chi connectivity index (χ3v) is 3.64. The zero-order valence-electron chi connectivity index (χ0n) is 9.48. The molecule has 0 spiro atoms. The van der Waals surface area contributed by atoms with Gasteiger partial charge >= 0.3 is 0 Å². The van der Waals surface area contributed by atoms with E-state index in [2.05, 4.69) is 17.1 Å². The molecule has 0 amide bonds. The summed E-state index contributed by atoms with van der Waals surface area (Å²) in [5, 5.41) is 19.3. The molecular formula is C14H15NO2. The Morgan fingerprint density at radius 3 is 2.47 bits per heavy atom. The lowest BCUT2D eigenvalue weighted by Crippen LogP contribution is -2.11. The summed E-state index contributed by atoms with van der Waals surface area (Å²) in [5.41, 5.74) is 3.07. The standard InChI is InChI=1S/C14H15NO2/c16-13-11-7-6-10(8-12(11)14(17)15-13)9-4-2-1-3-5-9/h1-5,10,15-17H,6-8H2. The highest BCUT2D eigenvalue weighted by Gasteiger charge is 2.26. The van der Waals surface area contributed by atoms with E-state index >= 15 is 0 Å². The lowest BCUT2D eigenvalue weighted by Gasteiger charge is -2.22. The second-order valence-electron chi connectivity index (χ2n) is 4.63. The lowest BCUT2D eigenvalue weighted by atomic mass is 9.81. The van der Waals surface area contributed by atoms with E-state index in [1.54, 1.807) is 0 Å². The Hall–Kier alpha value is -1.90. The molecule has 0 saturated carbocycles. The van der Waals surface area contributed by atoms with Crippen molar-refractivity contribution >= 4 is 0 Å². The molecule has 1 unspecified atom stereocenters. The molecule has 0 bridgehead atoms. The predicted octanol–water partition coefficient (Wildman–Crippen LogP) is 2.70. The quantitative estimate of drug-likeness (QED) is 0.704. The van der Waals surface area contributed by atoms with Crippen molar-refractivity contribution in [1.29, 1.82) is 0 Å². The molecule has 2 aromatic rings. The molecule has 0 aliphatic heterocycles. The second kappa shape index (κ2) is 3.84. The highest BCUT2D eigenvalue weighted by molar-refractivity contribution is 5.46. The molecule has 17 heavy (non-hydrogen) atoms. The first kappa shape index (κ1) is 10.3. The van der Waals surface area contributed by atoms with Crippen LogP contribution >= 0.6 is 0 Å².